The van der Waals surface area contributed by atoms with Crippen LogP contribution in [-0.4, -0.2) is 35.5 Å². The van der Waals surface area contributed by atoms with Gasteiger partial charge in [0, 0.05) is 24.9 Å². The lowest BCUT2D eigenvalue weighted by Crippen LogP contribution is -2.46. The van der Waals surface area contributed by atoms with E-state index in [-0.39, 0.29) is 11.9 Å². The maximum Gasteiger partial charge on any atom is 0.338 e. The molecule has 6 nitrogen and oxygen atoms in total. The normalized spacial score (nSPS) is 16.8. The maximum atomic E-state index is 12.6. The van der Waals surface area contributed by atoms with Crippen LogP contribution in [0, 0.1) is 0 Å². The van der Waals surface area contributed by atoms with Crippen LogP contribution in [0.2, 0.25) is 0 Å². The van der Waals surface area contributed by atoms with Crippen molar-refractivity contribution in [2.24, 2.45) is 0 Å². The van der Waals surface area contributed by atoms with E-state index in [9.17, 15) is 9.59 Å². The van der Waals surface area contributed by atoms with E-state index in [1.165, 1.54) is 0 Å². The number of nitrogens with zero attached hydrogens (tertiary/aromatic N) is 1. The second-order valence-corrected chi connectivity index (χ2v) is 6.82. The quantitative estimate of drug-likeness (QED) is 0.549. The number of hydrogen-bond donors (Lipinski definition) is 2. The number of anilines is 1. The van der Waals surface area contributed by atoms with E-state index in [1.54, 1.807) is 11.8 Å². The lowest BCUT2D eigenvalue weighted by atomic mass is 9.95. The number of esters is 1. The molecule has 1 aliphatic rings. The summed E-state index contributed by atoms with van der Waals surface area (Å²) in [6, 6.07) is 7.02. The first kappa shape index (κ1) is 20.9. The first-order valence-corrected chi connectivity index (χ1v) is 9.61. The summed E-state index contributed by atoms with van der Waals surface area (Å²) in [4.78, 5) is 26.4. The molecule has 0 radical (unpaired) electrons. The number of nitrogens with one attached hydrogen (secondary N) is 2. The highest BCUT2D eigenvalue weighted by Gasteiger charge is 2.33. The highest BCUT2D eigenvalue weighted by Crippen LogP contribution is 2.31. The minimum absolute atomic E-state index is 0.0156. The third-order valence-electron chi connectivity index (χ3n) is 4.51. The number of carbonyl (C=O) groups is 2. The van der Waals surface area contributed by atoms with Gasteiger partial charge in [-0.3, -0.25) is 4.79 Å². The Balaban J connectivity index is 2.34. The summed E-state index contributed by atoms with van der Waals surface area (Å²) in [5.41, 5.74) is 2.80. The molecule has 146 valence electrons. The minimum atomic E-state index is -0.430. The van der Waals surface area contributed by atoms with Crippen molar-refractivity contribution in [3.05, 3.63) is 41.1 Å². The predicted molar refractivity (Wildman–Crippen MR) is 110 cm³/mol. The Hall–Kier alpha value is -2.41. The summed E-state index contributed by atoms with van der Waals surface area (Å²) in [5.74, 6) is -0.391. The van der Waals surface area contributed by atoms with Crippen LogP contribution in [0.4, 0.5) is 5.69 Å². The fraction of sp³-hybridized carbons (Fsp3) is 0.450. The van der Waals surface area contributed by atoms with E-state index in [2.05, 4.69) is 10.6 Å². The number of ether oxygens (including phenoxy) is 1. The van der Waals surface area contributed by atoms with Crippen LogP contribution in [0.1, 0.15) is 51.6 Å². The van der Waals surface area contributed by atoms with Gasteiger partial charge in [0.05, 0.1) is 18.2 Å². The van der Waals surface area contributed by atoms with Gasteiger partial charge >= 0.3 is 5.97 Å². The van der Waals surface area contributed by atoms with E-state index >= 15 is 0 Å². The Morgan fingerprint density at radius 3 is 2.74 bits per heavy atom. The van der Waals surface area contributed by atoms with Crippen LogP contribution in [0.25, 0.3) is 0 Å². The van der Waals surface area contributed by atoms with Crippen LogP contribution >= 0.6 is 12.2 Å². The number of amides is 1. The van der Waals surface area contributed by atoms with E-state index < -0.39 is 6.04 Å². The largest absolute Gasteiger partial charge is 0.463 e. The van der Waals surface area contributed by atoms with Gasteiger partial charge in [-0.1, -0.05) is 25.5 Å². The third kappa shape index (κ3) is 5.07. The standard InChI is InChI=1S/C20H27N3O3S/c1-5-7-11-16(24)21-15-10-8-9-14(12-15)18-17(19(25)26-6-2)13(3)23(4)20(27)22-18/h8-10,12,18H,5-7,11H2,1-4H3,(H,21,24)(H,22,27). The van der Waals surface area contributed by atoms with E-state index in [0.717, 1.165) is 24.1 Å². The number of hydrogen-bond acceptors (Lipinski definition) is 4. The number of allylic oxidation sites excluding steroid dienone is 1. The van der Waals surface area contributed by atoms with Crippen molar-refractivity contribution in [2.75, 3.05) is 19.0 Å². The average Bonchev–Trinajstić information content (AvgIpc) is 2.64. The summed E-state index contributed by atoms with van der Waals surface area (Å²) in [6.07, 6.45) is 2.31. The molecular weight excluding hydrogens is 362 g/mol. The second-order valence-electron chi connectivity index (χ2n) is 6.44. The number of benzene rings is 1. The highest BCUT2D eigenvalue weighted by atomic mass is 32.1. The van der Waals surface area contributed by atoms with Crippen LogP contribution in [0.15, 0.2) is 35.5 Å². The van der Waals surface area contributed by atoms with Gasteiger partial charge in [0.2, 0.25) is 5.91 Å². The Labute approximate surface area is 166 Å². The number of rotatable bonds is 7. The van der Waals surface area contributed by atoms with Crippen LogP contribution in [0.3, 0.4) is 0 Å². The lowest BCUT2D eigenvalue weighted by Gasteiger charge is -2.35. The zero-order valence-corrected chi connectivity index (χ0v) is 17.1. The Kier molecular flexibility index (Phi) is 7.36. The third-order valence-corrected chi connectivity index (χ3v) is 4.90. The molecule has 0 saturated heterocycles. The molecule has 0 fully saturated rings. The molecule has 1 unspecified atom stereocenters. The van der Waals surface area contributed by atoms with Crippen molar-refractivity contribution in [3.63, 3.8) is 0 Å². The first-order valence-electron chi connectivity index (χ1n) is 9.20. The van der Waals surface area contributed by atoms with Gasteiger partial charge in [0.25, 0.3) is 0 Å². The molecule has 0 aromatic heterocycles. The van der Waals surface area contributed by atoms with Crippen molar-refractivity contribution in [3.8, 4) is 0 Å². The molecule has 2 rings (SSSR count). The summed E-state index contributed by atoms with van der Waals surface area (Å²) in [7, 11) is 1.81. The molecule has 1 amide bonds. The molecule has 0 aliphatic carbocycles. The van der Waals surface area contributed by atoms with Gasteiger partial charge in [-0.2, -0.15) is 0 Å². The fourth-order valence-corrected chi connectivity index (χ4v) is 3.17. The van der Waals surface area contributed by atoms with Crippen molar-refractivity contribution < 1.29 is 14.3 Å². The average molecular weight is 390 g/mol. The molecule has 27 heavy (non-hydrogen) atoms. The molecular formula is C20H27N3O3S. The Morgan fingerprint density at radius 2 is 2.07 bits per heavy atom. The van der Waals surface area contributed by atoms with Crippen molar-refractivity contribution in [1.29, 1.82) is 0 Å². The predicted octanol–water partition coefficient (Wildman–Crippen LogP) is 3.51. The number of unbranched alkanes of at least 4 members (excludes halogenated alkanes) is 1. The number of carbonyl (C=O) groups excluding carboxylic acids is 2. The first-order chi connectivity index (χ1) is 12.9. The topological polar surface area (TPSA) is 70.7 Å². The van der Waals surface area contributed by atoms with Gasteiger partial charge in [0.15, 0.2) is 5.11 Å². The second kappa shape index (κ2) is 9.50. The van der Waals surface area contributed by atoms with Crippen LogP contribution in [0.5, 0.6) is 0 Å². The minimum Gasteiger partial charge on any atom is -0.463 e. The number of thiocarbonyl (C=S) groups is 1. The molecule has 1 aliphatic heterocycles. The zero-order chi connectivity index (χ0) is 20.0. The smallest absolute Gasteiger partial charge is 0.338 e. The molecule has 1 aromatic carbocycles. The van der Waals surface area contributed by atoms with E-state index in [4.69, 9.17) is 17.0 Å². The van der Waals surface area contributed by atoms with E-state index in [0.29, 0.717) is 29.4 Å². The molecule has 0 spiro atoms. The lowest BCUT2D eigenvalue weighted by molar-refractivity contribution is -0.139. The fourth-order valence-electron chi connectivity index (χ4n) is 2.92. The summed E-state index contributed by atoms with van der Waals surface area (Å²) in [6.45, 7) is 5.97. The molecule has 0 saturated carbocycles. The molecule has 1 heterocycles. The van der Waals surface area contributed by atoms with E-state index in [1.807, 2.05) is 45.2 Å². The van der Waals surface area contributed by atoms with Gasteiger partial charge in [-0.25, -0.2) is 4.79 Å². The summed E-state index contributed by atoms with van der Waals surface area (Å²) in [5, 5.41) is 6.65. The Bertz CT molecular complexity index is 761. The highest BCUT2D eigenvalue weighted by molar-refractivity contribution is 7.80. The summed E-state index contributed by atoms with van der Waals surface area (Å²) >= 11 is 5.40. The van der Waals surface area contributed by atoms with Crippen molar-refractivity contribution in [1.82, 2.24) is 10.2 Å². The van der Waals surface area contributed by atoms with Gasteiger partial charge in [-0.15, -0.1) is 0 Å². The monoisotopic (exact) mass is 389 g/mol. The molecule has 1 aromatic rings. The van der Waals surface area contributed by atoms with Crippen LogP contribution in [-0.2, 0) is 14.3 Å². The van der Waals surface area contributed by atoms with Crippen molar-refractivity contribution in [2.45, 2.75) is 46.1 Å². The SMILES string of the molecule is CCCCC(=O)Nc1cccc(C2NC(=S)N(C)C(C)=C2C(=O)OCC)c1. The molecule has 1 atom stereocenters. The van der Waals surface area contributed by atoms with Gasteiger partial charge in [0.1, 0.15) is 0 Å². The van der Waals surface area contributed by atoms with Crippen molar-refractivity contribution >= 4 is 34.9 Å². The maximum absolute atomic E-state index is 12.6. The zero-order valence-electron chi connectivity index (χ0n) is 16.3. The molecule has 7 heteroatoms. The molecule has 2 N–H and O–H groups in total. The summed E-state index contributed by atoms with van der Waals surface area (Å²) < 4.78 is 5.25. The van der Waals surface area contributed by atoms with Crippen LogP contribution < -0.4 is 10.6 Å². The molecule has 0 bridgehead atoms. The Morgan fingerprint density at radius 1 is 1.33 bits per heavy atom. The van der Waals surface area contributed by atoms with Gasteiger partial charge in [-0.05, 0) is 50.2 Å². The van der Waals surface area contributed by atoms with Gasteiger partial charge < -0.3 is 20.3 Å².